The Morgan fingerprint density at radius 3 is 2.93 bits per heavy atom. The van der Waals surface area contributed by atoms with Gasteiger partial charge in [0.25, 0.3) is 10.1 Å². The molecule has 76 valence electrons. The quantitative estimate of drug-likeness (QED) is 0.644. The molecule has 2 aliphatic rings. The van der Waals surface area contributed by atoms with Crippen LogP contribution in [0.2, 0.25) is 0 Å². The molecule has 0 radical (unpaired) electrons. The Bertz CT molecular complexity index is 464. The number of fused-ring (bicyclic) bond motifs is 1. The molecule has 14 heavy (non-hydrogen) atoms. The third-order valence-electron chi connectivity index (χ3n) is 1.65. The second-order valence-electron chi connectivity index (χ2n) is 2.53. The molecular weight excluding hydrogens is 232 g/mol. The van der Waals surface area contributed by atoms with E-state index in [9.17, 15) is 8.42 Å². The number of allylic oxidation sites excluding steroid dienone is 2. The Labute approximate surface area is 84.7 Å². The Kier molecular flexibility index (Phi) is 2.04. The fourth-order valence-electron chi connectivity index (χ4n) is 1.11. The van der Waals surface area contributed by atoms with Gasteiger partial charge >= 0.3 is 0 Å². The SMILES string of the molecule is O=S(=O)(O)C1=C(Cl)C=CN2ONC=C12. The first kappa shape index (κ1) is 9.53. The minimum Gasteiger partial charge on any atom is -0.282 e. The highest BCUT2D eigenvalue weighted by atomic mass is 35.5. The van der Waals surface area contributed by atoms with Crippen molar-refractivity contribution in [3.05, 3.63) is 34.1 Å². The summed E-state index contributed by atoms with van der Waals surface area (Å²) in [5.74, 6) is 0. The minimum absolute atomic E-state index is 0.0673. The second kappa shape index (κ2) is 2.99. The predicted molar refractivity (Wildman–Crippen MR) is 47.7 cm³/mol. The van der Waals surface area contributed by atoms with Crippen LogP contribution in [0, 0.1) is 0 Å². The fraction of sp³-hybridized carbons (Fsp3) is 0. The number of hydroxylamine groups is 3. The summed E-state index contributed by atoms with van der Waals surface area (Å²) in [4.78, 5) is 4.38. The van der Waals surface area contributed by atoms with E-state index in [1.54, 1.807) is 0 Å². The summed E-state index contributed by atoms with van der Waals surface area (Å²) in [7, 11) is -4.36. The van der Waals surface area contributed by atoms with Crippen LogP contribution < -0.4 is 5.48 Å². The maximum Gasteiger partial charge on any atom is 0.298 e. The van der Waals surface area contributed by atoms with Crippen LogP contribution >= 0.6 is 11.6 Å². The molecule has 0 aromatic rings. The number of nitrogens with one attached hydrogen (secondary N) is 1. The standard InChI is InChI=1S/C6H5ClN2O4S/c7-4-1-2-9-5(3-8-13-9)6(4)14(10,11)12/h1-3,8H,(H,10,11,12). The zero-order valence-electron chi connectivity index (χ0n) is 6.64. The Balaban J connectivity index is 2.60. The number of hydrogen-bond donors (Lipinski definition) is 2. The molecule has 6 nitrogen and oxygen atoms in total. The Morgan fingerprint density at radius 1 is 1.57 bits per heavy atom. The van der Waals surface area contributed by atoms with Crippen LogP contribution in [0.25, 0.3) is 0 Å². The van der Waals surface area contributed by atoms with Gasteiger partial charge in [0.1, 0.15) is 10.6 Å². The topological polar surface area (TPSA) is 78.9 Å². The summed E-state index contributed by atoms with van der Waals surface area (Å²) >= 11 is 5.64. The maximum absolute atomic E-state index is 11.0. The van der Waals surface area contributed by atoms with Crippen molar-refractivity contribution < 1.29 is 17.9 Å². The first-order valence-corrected chi connectivity index (χ1v) is 5.29. The van der Waals surface area contributed by atoms with Crippen molar-refractivity contribution in [2.45, 2.75) is 0 Å². The molecule has 0 amide bonds. The lowest BCUT2D eigenvalue weighted by Crippen LogP contribution is -2.21. The molecule has 2 heterocycles. The molecule has 0 saturated carbocycles. The van der Waals surface area contributed by atoms with Crippen molar-refractivity contribution >= 4 is 21.7 Å². The first-order valence-electron chi connectivity index (χ1n) is 3.48. The molecule has 2 aliphatic heterocycles. The summed E-state index contributed by atoms with van der Waals surface area (Å²) in [5.41, 5.74) is 2.47. The van der Waals surface area contributed by atoms with Crippen LogP contribution in [0.1, 0.15) is 0 Å². The molecule has 0 atom stereocenters. The normalized spacial score (nSPS) is 20.7. The molecule has 0 unspecified atom stereocenters. The lowest BCUT2D eigenvalue weighted by atomic mass is 10.3. The zero-order valence-corrected chi connectivity index (χ0v) is 8.21. The molecule has 0 spiro atoms. The Morgan fingerprint density at radius 2 is 2.29 bits per heavy atom. The van der Waals surface area contributed by atoms with Crippen LogP contribution in [0.3, 0.4) is 0 Å². The van der Waals surface area contributed by atoms with E-state index in [1.165, 1.54) is 18.5 Å². The molecule has 0 fully saturated rings. The molecular formula is C6H5ClN2O4S. The lowest BCUT2D eigenvalue weighted by molar-refractivity contribution is -0.113. The van der Waals surface area contributed by atoms with Gasteiger partial charge in [0.05, 0.1) is 11.2 Å². The van der Waals surface area contributed by atoms with Crippen molar-refractivity contribution in [1.82, 2.24) is 10.5 Å². The number of nitrogens with zero attached hydrogens (tertiary/aromatic N) is 1. The van der Waals surface area contributed by atoms with Crippen molar-refractivity contribution in [2.24, 2.45) is 0 Å². The van der Waals surface area contributed by atoms with Crippen molar-refractivity contribution in [3.63, 3.8) is 0 Å². The van der Waals surface area contributed by atoms with Gasteiger partial charge in [-0.2, -0.15) is 13.4 Å². The lowest BCUT2D eigenvalue weighted by Gasteiger charge is -2.18. The van der Waals surface area contributed by atoms with Crippen molar-refractivity contribution in [3.8, 4) is 0 Å². The highest BCUT2D eigenvalue weighted by Gasteiger charge is 2.31. The fourth-order valence-corrected chi connectivity index (χ4v) is 2.29. The smallest absolute Gasteiger partial charge is 0.282 e. The number of rotatable bonds is 1. The van der Waals surface area contributed by atoms with E-state index < -0.39 is 10.1 Å². The van der Waals surface area contributed by atoms with Crippen LogP contribution in [0.15, 0.2) is 34.1 Å². The van der Waals surface area contributed by atoms with Gasteiger partial charge in [-0.1, -0.05) is 11.6 Å². The van der Waals surface area contributed by atoms with Crippen molar-refractivity contribution in [2.75, 3.05) is 0 Å². The highest BCUT2D eigenvalue weighted by Crippen LogP contribution is 2.32. The second-order valence-corrected chi connectivity index (χ2v) is 4.30. The van der Waals surface area contributed by atoms with Crippen LogP contribution in [-0.4, -0.2) is 18.0 Å². The molecule has 0 bridgehead atoms. The molecule has 0 aliphatic carbocycles. The number of halogens is 1. The van der Waals surface area contributed by atoms with Crippen LogP contribution in [-0.2, 0) is 15.1 Å². The van der Waals surface area contributed by atoms with Gasteiger partial charge in [-0.15, -0.1) is 0 Å². The molecule has 0 saturated heterocycles. The molecule has 8 heteroatoms. The Hall–Kier alpha value is -1.02. The number of hydrogen-bond acceptors (Lipinski definition) is 5. The summed E-state index contributed by atoms with van der Waals surface area (Å²) in [6.45, 7) is 0. The van der Waals surface area contributed by atoms with E-state index in [-0.39, 0.29) is 15.6 Å². The third kappa shape index (κ3) is 1.40. The molecule has 0 aromatic carbocycles. The average molecular weight is 237 g/mol. The van der Waals surface area contributed by atoms with E-state index in [0.29, 0.717) is 0 Å². The summed E-state index contributed by atoms with van der Waals surface area (Å²) < 4.78 is 30.8. The predicted octanol–water partition coefficient (Wildman–Crippen LogP) is 0.445. The molecule has 2 N–H and O–H groups in total. The third-order valence-corrected chi connectivity index (χ3v) is 3.02. The van der Waals surface area contributed by atoms with Crippen molar-refractivity contribution in [1.29, 1.82) is 0 Å². The maximum atomic E-state index is 11.0. The molecule has 0 aromatic heterocycles. The average Bonchev–Trinajstić information content (AvgIpc) is 2.48. The van der Waals surface area contributed by atoms with Gasteiger partial charge in [-0.25, -0.2) is 10.5 Å². The summed E-state index contributed by atoms with van der Waals surface area (Å²) in [5, 5.41) is 1.07. The van der Waals surface area contributed by atoms with E-state index in [2.05, 4.69) is 5.48 Å². The van der Waals surface area contributed by atoms with E-state index in [1.807, 2.05) is 0 Å². The van der Waals surface area contributed by atoms with Gasteiger partial charge in [0, 0.05) is 6.20 Å². The van der Waals surface area contributed by atoms with Gasteiger partial charge in [-0.05, 0) is 6.08 Å². The monoisotopic (exact) mass is 236 g/mol. The van der Waals surface area contributed by atoms with Gasteiger partial charge < -0.3 is 0 Å². The highest BCUT2D eigenvalue weighted by molar-refractivity contribution is 7.90. The van der Waals surface area contributed by atoms with Crippen LogP contribution in [0.4, 0.5) is 0 Å². The van der Waals surface area contributed by atoms with Gasteiger partial charge in [0.15, 0.2) is 0 Å². The zero-order chi connectivity index (χ0) is 10.3. The summed E-state index contributed by atoms with van der Waals surface area (Å²) in [6.07, 6.45) is 3.99. The van der Waals surface area contributed by atoms with Gasteiger partial charge in [-0.3, -0.25) is 4.55 Å². The van der Waals surface area contributed by atoms with E-state index in [0.717, 1.165) is 5.06 Å². The minimum atomic E-state index is -4.36. The van der Waals surface area contributed by atoms with Gasteiger partial charge in [0.2, 0.25) is 0 Å². The molecule has 2 rings (SSSR count). The summed E-state index contributed by atoms with van der Waals surface area (Å²) in [6, 6.07) is 0. The van der Waals surface area contributed by atoms with E-state index >= 15 is 0 Å². The van der Waals surface area contributed by atoms with E-state index in [4.69, 9.17) is 21.1 Å². The largest absolute Gasteiger partial charge is 0.298 e. The first-order chi connectivity index (χ1) is 6.50. The van der Waals surface area contributed by atoms with Crippen LogP contribution in [0.5, 0.6) is 0 Å².